The molecule has 1 aliphatic heterocycles. The molecule has 0 atom stereocenters. The predicted molar refractivity (Wildman–Crippen MR) is 162 cm³/mol. The maximum absolute atomic E-state index is 6.28. The number of fused-ring (bicyclic) bond motifs is 10. The largest absolute Gasteiger partial charge is 0.456 e. The number of aromatic amines is 2. The van der Waals surface area contributed by atoms with Gasteiger partial charge in [0.1, 0.15) is 11.2 Å². The van der Waals surface area contributed by atoms with Crippen LogP contribution in [0.4, 0.5) is 0 Å². The number of hydrogen-bond donors (Lipinski definition) is 2. The number of nitrogens with one attached hydrogen (secondary N) is 2. The SMILES string of the molecule is C1=NCCCCN=Cc2c([nH]c3ccccc23)-c2ccc3oc4ccc(cc4c3c2)-c2[nH]c3ccccc3c21. The van der Waals surface area contributed by atoms with Crippen molar-refractivity contribution in [2.75, 3.05) is 13.1 Å². The molecule has 0 spiro atoms. The van der Waals surface area contributed by atoms with Gasteiger partial charge in [0.15, 0.2) is 0 Å². The van der Waals surface area contributed by atoms with Crippen molar-refractivity contribution < 1.29 is 4.42 Å². The van der Waals surface area contributed by atoms with Gasteiger partial charge in [-0.3, -0.25) is 9.98 Å². The highest BCUT2D eigenvalue weighted by molar-refractivity contribution is 6.11. The van der Waals surface area contributed by atoms with Crippen LogP contribution in [-0.2, 0) is 0 Å². The van der Waals surface area contributed by atoms with Crippen molar-refractivity contribution >= 4 is 56.2 Å². The van der Waals surface area contributed by atoms with Crippen LogP contribution in [0.25, 0.3) is 66.3 Å². The molecule has 0 amide bonds. The summed E-state index contributed by atoms with van der Waals surface area (Å²) < 4.78 is 6.28. The molecule has 188 valence electrons. The molecule has 4 aromatic carbocycles. The maximum Gasteiger partial charge on any atom is 0.135 e. The van der Waals surface area contributed by atoms with E-state index in [1.54, 1.807) is 0 Å². The number of hydrogen-bond acceptors (Lipinski definition) is 3. The van der Waals surface area contributed by atoms with E-state index >= 15 is 0 Å². The molecule has 5 heteroatoms. The van der Waals surface area contributed by atoms with Crippen molar-refractivity contribution in [3.8, 4) is 22.5 Å². The van der Waals surface area contributed by atoms with Crippen molar-refractivity contribution in [3.05, 3.63) is 96.1 Å². The van der Waals surface area contributed by atoms with Gasteiger partial charge in [-0.15, -0.1) is 0 Å². The van der Waals surface area contributed by atoms with Crippen LogP contribution in [0, 0.1) is 0 Å². The summed E-state index contributed by atoms with van der Waals surface area (Å²) >= 11 is 0. The molecule has 0 radical (unpaired) electrons. The second-order valence-corrected chi connectivity index (χ2v) is 10.2. The third-order valence-corrected chi connectivity index (χ3v) is 7.80. The van der Waals surface area contributed by atoms with Gasteiger partial charge in [0.05, 0.1) is 11.4 Å². The molecular weight excluding hydrogens is 480 g/mol. The minimum atomic E-state index is 0.777. The number of H-pyrrole nitrogens is 2. The lowest BCUT2D eigenvalue weighted by Crippen LogP contribution is -1.91. The Morgan fingerprint density at radius 2 is 1.03 bits per heavy atom. The van der Waals surface area contributed by atoms with E-state index in [0.717, 1.165) is 92.5 Å². The van der Waals surface area contributed by atoms with Crippen molar-refractivity contribution in [1.29, 1.82) is 0 Å². The molecule has 0 fully saturated rings. The molecular formula is C34H26N4O. The van der Waals surface area contributed by atoms with E-state index in [-0.39, 0.29) is 0 Å². The standard InChI is InChI=1S/C34H26N4O/c1-3-9-29-23(7-1)27-19-35-15-5-6-16-36-20-28-24-8-2-4-10-30(24)38-34(28)22-12-14-32-26(18-22)25-17-21(33(27)37-29)11-13-31(25)39-32/h1-4,7-14,17-20,37-38H,5-6,15-16H2. The molecule has 0 saturated heterocycles. The van der Waals surface area contributed by atoms with Crippen LogP contribution in [0.15, 0.2) is 99.3 Å². The summed E-state index contributed by atoms with van der Waals surface area (Å²) in [5.41, 5.74) is 10.6. The van der Waals surface area contributed by atoms with Gasteiger partial charge in [0.25, 0.3) is 0 Å². The second kappa shape index (κ2) is 8.84. The second-order valence-electron chi connectivity index (χ2n) is 10.2. The Balaban J connectivity index is 1.39. The number of aliphatic imine (C=N–C) groups is 2. The van der Waals surface area contributed by atoms with Crippen molar-refractivity contribution in [2.45, 2.75) is 12.8 Å². The third-order valence-electron chi connectivity index (χ3n) is 7.80. The fourth-order valence-electron chi connectivity index (χ4n) is 5.86. The Labute approximate surface area is 224 Å². The van der Waals surface area contributed by atoms with Crippen LogP contribution in [0.5, 0.6) is 0 Å². The molecule has 1 aliphatic rings. The van der Waals surface area contributed by atoms with E-state index in [2.05, 4.69) is 94.9 Å². The molecule has 2 N–H and O–H groups in total. The lowest BCUT2D eigenvalue weighted by atomic mass is 10.0. The smallest absolute Gasteiger partial charge is 0.135 e. The Kier molecular flexibility index (Phi) is 5.02. The van der Waals surface area contributed by atoms with E-state index in [4.69, 9.17) is 14.4 Å². The topological polar surface area (TPSA) is 69.4 Å². The maximum atomic E-state index is 6.28. The lowest BCUT2D eigenvalue weighted by Gasteiger charge is -2.04. The minimum Gasteiger partial charge on any atom is -0.456 e. The first-order valence-electron chi connectivity index (χ1n) is 13.5. The molecule has 4 heterocycles. The van der Waals surface area contributed by atoms with Gasteiger partial charge in [0, 0.05) is 69.2 Å². The van der Waals surface area contributed by atoms with Crippen LogP contribution in [0.1, 0.15) is 24.0 Å². The molecule has 4 bridgehead atoms. The van der Waals surface area contributed by atoms with Crippen molar-refractivity contribution in [3.63, 3.8) is 0 Å². The van der Waals surface area contributed by atoms with E-state index < -0.39 is 0 Å². The zero-order valence-electron chi connectivity index (χ0n) is 21.4. The molecule has 7 aromatic rings. The highest BCUT2D eigenvalue weighted by Crippen LogP contribution is 2.38. The van der Waals surface area contributed by atoms with E-state index in [0.29, 0.717) is 0 Å². The first-order valence-corrected chi connectivity index (χ1v) is 13.5. The molecule has 0 saturated carbocycles. The molecule has 3 aromatic heterocycles. The Morgan fingerprint density at radius 1 is 0.538 bits per heavy atom. The van der Waals surface area contributed by atoms with E-state index in [9.17, 15) is 0 Å². The van der Waals surface area contributed by atoms with Crippen LogP contribution in [0.2, 0.25) is 0 Å². The van der Waals surface area contributed by atoms with E-state index in [1.807, 2.05) is 12.4 Å². The quantitative estimate of drug-likeness (QED) is 0.213. The van der Waals surface area contributed by atoms with Crippen molar-refractivity contribution in [1.82, 2.24) is 9.97 Å². The average molecular weight is 507 g/mol. The first-order chi connectivity index (χ1) is 19.3. The molecule has 8 rings (SSSR count). The van der Waals surface area contributed by atoms with Gasteiger partial charge in [-0.1, -0.05) is 36.4 Å². The Bertz CT molecular complexity index is 1940. The van der Waals surface area contributed by atoms with Crippen LogP contribution in [-0.4, -0.2) is 35.5 Å². The third kappa shape index (κ3) is 3.62. The van der Waals surface area contributed by atoms with Crippen LogP contribution >= 0.6 is 0 Å². The summed E-state index contributed by atoms with van der Waals surface area (Å²) in [7, 11) is 0. The molecule has 39 heavy (non-hydrogen) atoms. The van der Waals surface area contributed by atoms with Gasteiger partial charge >= 0.3 is 0 Å². The van der Waals surface area contributed by atoms with E-state index in [1.165, 1.54) is 10.8 Å². The summed E-state index contributed by atoms with van der Waals surface area (Å²) in [4.78, 5) is 17.0. The normalized spacial score (nSPS) is 14.1. The van der Waals surface area contributed by atoms with Crippen LogP contribution < -0.4 is 0 Å². The summed E-state index contributed by atoms with van der Waals surface area (Å²) in [5.74, 6) is 0. The molecule has 0 aliphatic carbocycles. The molecule has 0 unspecified atom stereocenters. The predicted octanol–water partition coefficient (Wildman–Crippen LogP) is 8.51. The lowest BCUT2D eigenvalue weighted by molar-refractivity contribution is 0.669. The van der Waals surface area contributed by atoms with Gasteiger partial charge in [-0.05, 0) is 72.5 Å². The summed E-state index contributed by atoms with van der Waals surface area (Å²) in [6, 6.07) is 29.8. The number of para-hydroxylation sites is 2. The highest BCUT2D eigenvalue weighted by atomic mass is 16.3. The summed E-state index contributed by atoms with van der Waals surface area (Å²) in [6.45, 7) is 1.55. The van der Waals surface area contributed by atoms with Gasteiger partial charge < -0.3 is 14.4 Å². The Morgan fingerprint density at radius 3 is 1.54 bits per heavy atom. The highest BCUT2D eigenvalue weighted by Gasteiger charge is 2.17. The van der Waals surface area contributed by atoms with Crippen LogP contribution in [0.3, 0.4) is 0 Å². The molecule has 5 nitrogen and oxygen atoms in total. The summed E-state index contributed by atoms with van der Waals surface area (Å²) in [6.07, 6.45) is 6.06. The van der Waals surface area contributed by atoms with Gasteiger partial charge in [0.2, 0.25) is 0 Å². The number of nitrogens with zero attached hydrogens (tertiary/aromatic N) is 2. The fourth-order valence-corrected chi connectivity index (χ4v) is 5.86. The number of furan rings is 1. The zero-order chi connectivity index (χ0) is 25.8. The fraction of sp³-hybridized carbons (Fsp3) is 0.118. The first kappa shape index (κ1) is 22.1. The number of rotatable bonds is 0. The van der Waals surface area contributed by atoms with Crippen molar-refractivity contribution in [2.24, 2.45) is 9.98 Å². The zero-order valence-corrected chi connectivity index (χ0v) is 21.4. The van der Waals surface area contributed by atoms with Gasteiger partial charge in [-0.2, -0.15) is 0 Å². The number of aromatic nitrogens is 2. The Hall–Kier alpha value is -4.90. The van der Waals surface area contributed by atoms with Gasteiger partial charge in [-0.25, -0.2) is 0 Å². The summed E-state index contributed by atoms with van der Waals surface area (Å²) in [5, 5.41) is 4.55. The average Bonchev–Trinajstić information content (AvgIpc) is 3.65. The monoisotopic (exact) mass is 506 g/mol. The number of benzene rings is 4. The minimum absolute atomic E-state index is 0.777.